The van der Waals surface area contributed by atoms with Gasteiger partial charge >= 0.3 is 5.97 Å². The highest BCUT2D eigenvalue weighted by Gasteiger charge is 2.18. The zero-order valence-corrected chi connectivity index (χ0v) is 10.4. The predicted molar refractivity (Wildman–Crippen MR) is 62.9 cm³/mol. The van der Waals surface area contributed by atoms with Gasteiger partial charge < -0.3 is 9.52 Å². The van der Waals surface area contributed by atoms with Gasteiger partial charge in [0, 0.05) is 0 Å². The number of aromatic carboxylic acids is 1. The van der Waals surface area contributed by atoms with Crippen molar-refractivity contribution in [2.45, 2.75) is 13.5 Å². The first kappa shape index (κ1) is 13.5. The second-order valence-electron chi connectivity index (χ2n) is 3.84. The SMILES string of the molecule is Cc1c(C(=O)O)nnn1CC(=O)NC(=O)c1ccco1. The smallest absolute Gasteiger partial charge is 0.358 e. The van der Waals surface area contributed by atoms with Crippen molar-refractivity contribution in [1.29, 1.82) is 0 Å². The van der Waals surface area contributed by atoms with Crippen molar-refractivity contribution >= 4 is 17.8 Å². The van der Waals surface area contributed by atoms with Crippen LogP contribution in [0.3, 0.4) is 0 Å². The third kappa shape index (κ3) is 2.71. The molecule has 2 heterocycles. The van der Waals surface area contributed by atoms with Crippen LogP contribution in [0.1, 0.15) is 26.7 Å². The van der Waals surface area contributed by atoms with Crippen LogP contribution in [0.2, 0.25) is 0 Å². The summed E-state index contributed by atoms with van der Waals surface area (Å²) >= 11 is 0. The summed E-state index contributed by atoms with van der Waals surface area (Å²) < 4.78 is 5.92. The average Bonchev–Trinajstić information content (AvgIpc) is 3.00. The van der Waals surface area contributed by atoms with Crippen molar-refractivity contribution in [2.75, 3.05) is 0 Å². The number of hydrogen-bond donors (Lipinski definition) is 2. The predicted octanol–water partition coefficient (Wildman–Crippen LogP) is -0.166. The Balaban J connectivity index is 2.02. The molecule has 0 unspecified atom stereocenters. The number of aromatic nitrogens is 3. The second-order valence-corrected chi connectivity index (χ2v) is 3.84. The molecule has 0 aliphatic rings. The highest BCUT2D eigenvalue weighted by Crippen LogP contribution is 2.03. The first-order valence-corrected chi connectivity index (χ1v) is 5.50. The summed E-state index contributed by atoms with van der Waals surface area (Å²) in [6, 6.07) is 2.92. The molecule has 2 aromatic rings. The van der Waals surface area contributed by atoms with Crippen molar-refractivity contribution < 1.29 is 23.9 Å². The molecule has 0 aliphatic carbocycles. The van der Waals surface area contributed by atoms with E-state index in [0.717, 1.165) is 4.68 Å². The highest BCUT2D eigenvalue weighted by atomic mass is 16.4. The standard InChI is InChI=1S/C11H10N4O5/c1-6-9(11(18)19)13-14-15(6)5-8(16)12-10(17)7-3-2-4-20-7/h2-4H,5H2,1H3,(H,18,19)(H,12,16,17). The molecule has 0 fully saturated rings. The Bertz CT molecular complexity index is 658. The number of carbonyl (C=O) groups excluding carboxylic acids is 2. The van der Waals surface area contributed by atoms with Crippen LogP contribution in [0.5, 0.6) is 0 Å². The van der Waals surface area contributed by atoms with E-state index < -0.39 is 17.8 Å². The molecule has 0 spiro atoms. The van der Waals surface area contributed by atoms with Gasteiger partial charge in [-0.3, -0.25) is 14.9 Å². The van der Waals surface area contributed by atoms with E-state index in [-0.39, 0.29) is 23.7 Å². The maximum atomic E-state index is 11.6. The monoisotopic (exact) mass is 278 g/mol. The van der Waals surface area contributed by atoms with Gasteiger partial charge in [-0.25, -0.2) is 9.48 Å². The van der Waals surface area contributed by atoms with Crippen LogP contribution in [-0.2, 0) is 11.3 Å². The van der Waals surface area contributed by atoms with E-state index in [1.807, 2.05) is 0 Å². The molecule has 9 heteroatoms. The number of carboxylic acids is 1. The van der Waals surface area contributed by atoms with Crippen LogP contribution >= 0.6 is 0 Å². The minimum Gasteiger partial charge on any atom is -0.476 e. The molecule has 0 saturated heterocycles. The van der Waals surface area contributed by atoms with E-state index in [1.54, 1.807) is 0 Å². The van der Waals surface area contributed by atoms with Gasteiger partial charge in [-0.1, -0.05) is 5.21 Å². The lowest BCUT2D eigenvalue weighted by atomic mass is 10.3. The Labute approximate surface area is 112 Å². The van der Waals surface area contributed by atoms with Gasteiger partial charge in [0.25, 0.3) is 5.91 Å². The topological polar surface area (TPSA) is 127 Å². The van der Waals surface area contributed by atoms with Gasteiger partial charge in [0.1, 0.15) is 6.54 Å². The normalized spacial score (nSPS) is 10.2. The summed E-state index contributed by atoms with van der Waals surface area (Å²) in [7, 11) is 0. The van der Waals surface area contributed by atoms with Crippen molar-refractivity contribution in [3.05, 3.63) is 35.5 Å². The maximum absolute atomic E-state index is 11.6. The number of amides is 2. The molecule has 104 valence electrons. The number of hydrogen-bond acceptors (Lipinski definition) is 6. The zero-order chi connectivity index (χ0) is 14.7. The van der Waals surface area contributed by atoms with E-state index >= 15 is 0 Å². The number of imide groups is 1. The van der Waals surface area contributed by atoms with Gasteiger partial charge in [-0.15, -0.1) is 5.10 Å². The zero-order valence-electron chi connectivity index (χ0n) is 10.4. The Morgan fingerprint density at radius 1 is 1.45 bits per heavy atom. The van der Waals surface area contributed by atoms with Crippen LogP contribution in [0.4, 0.5) is 0 Å². The van der Waals surface area contributed by atoms with E-state index in [2.05, 4.69) is 15.6 Å². The van der Waals surface area contributed by atoms with Gasteiger partial charge in [0.2, 0.25) is 5.91 Å². The Morgan fingerprint density at radius 2 is 2.20 bits per heavy atom. The first-order valence-electron chi connectivity index (χ1n) is 5.50. The number of nitrogens with one attached hydrogen (secondary N) is 1. The summed E-state index contributed by atoms with van der Waals surface area (Å²) in [5.74, 6) is -2.58. The number of nitrogens with zero attached hydrogens (tertiary/aromatic N) is 3. The van der Waals surface area contributed by atoms with Crippen molar-refractivity contribution in [1.82, 2.24) is 20.3 Å². The molecule has 20 heavy (non-hydrogen) atoms. The molecule has 2 aromatic heterocycles. The molecule has 0 radical (unpaired) electrons. The number of furan rings is 1. The number of carboxylic acid groups (broad SMARTS) is 1. The summed E-state index contributed by atoms with van der Waals surface area (Å²) in [5.41, 5.74) is -0.0201. The minimum absolute atomic E-state index is 0.000104. The van der Waals surface area contributed by atoms with Crippen LogP contribution in [-0.4, -0.2) is 37.9 Å². The molecular formula is C11H10N4O5. The lowest BCUT2D eigenvalue weighted by Gasteiger charge is -2.03. The fourth-order valence-electron chi connectivity index (χ4n) is 1.48. The van der Waals surface area contributed by atoms with E-state index in [1.165, 1.54) is 25.3 Å². The third-order valence-electron chi connectivity index (χ3n) is 2.48. The van der Waals surface area contributed by atoms with Crippen molar-refractivity contribution in [3.8, 4) is 0 Å². The summed E-state index contributed by atoms with van der Waals surface area (Å²) in [6.07, 6.45) is 1.31. The lowest BCUT2D eigenvalue weighted by Crippen LogP contribution is -2.33. The molecule has 0 bridgehead atoms. The average molecular weight is 278 g/mol. The molecule has 2 amide bonds. The molecule has 0 saturated carbocycles. The fourth-order valence-corrected chi connectivity index (χ4v) is 1.48. The molecule has 9 nitrogen and oxygen atoms in total. The molecule has 0 atom stereocenters. The quantitative estimate of drug-likeness (QED) is 0.794. The molecule has 0 aromatic carbocycles. The van der Waals surface area contributed by atoms with Gasteiger partial charge in [-0.2, -0.15) is 0 Å². The third-order valence-corrected chi connectivity index (χ3v) is 2.48. The first-order chi connectivity index (χ1) is 9.49. The maximum Gasteiger partial charge on any atom is 0.358 e. The Kier molecular flexibility index (Phi) is 3.60. The van der Waals surface area contributed by atoms with E-state index in [4.69, 9.17) is 9.52 Å². The number of rotatable bonds is 4. The van der Waals surface area contributed by atoms with Crippen molar-refractivity contribution in [3.63, 3.8) is 0 Å². The van der Waals surface area contributed by atoms with Crippen LogP contribution in [0.15, 0.2) is 22.8 Å². The summed E-state index contributed by atoms with van der Waals surface area (Å²) in [5, 5.41) is 17.9. The largest absolute Gasteiger partial charge is 0.476 e. The van der Waals surface area contributed by atoms with Gasteiger partial charge in [0.15, 0.2) is 11.5 Å². The van der Waals surface area contributed by atoms with Crippen LogP contribution in [0.25, 0.3) is 0 Å². The lowest BCUT2D eigenvalue weighted by molar-refractivity contribution is -0.121. The van der Waals surface area contributed by atoms with Crippen LogP contribution < -0.4 is 5.32 Å². The minimum atomic E-state index is -1.24. The molecule has 2 rings (SSSR count). The molecule has 2 N–H and O–H groups in total. The molecular weight excluding hydrogens is 268 g/mol. The highest BCUT2D eigenvalue weighted by molar-refractivity contribution is 6.03. The Hall–Kier alpha value is -2.97. The van der Waals surface area contributed by atoms with Gasteiger partial charge in [0.05, 0.1) is 12.0 Å². The Morgan fingerprint density at radius 3 is 2.75 bits per heavy atom. The summed E-state index contributed by atoms with van der Waals surface area (Å²) in [6.45, 7) is 1.14. The number of carbonyl (C=O) groups is 3. The summed E-state index contributed by atoms with van der Waals surface area (Å²) in [4.78, 5) is 34.0. The molecule has 0 aliphatic heterocycles. The van der Waals surface area contributed by atoms with E-state index in [0.29, 0.717) is 0 Å². The second kappa shape index (κ2) is 5.34. The van der Waals surface area contributed by atoms with Gasteiger partial charge in [-0.05, 0) is 19.1 Å². The van der Waals surface area contributed by atoms with E-state index in [9.17, 15) is 14.4 Å². The van der Waals surface area contributed by atoms with Crippen LogP contribution in [0, 0.1) is 6.92 Å². The van der Waals surface area contributed by atoms with Crippen molar-refractivity contribution in [2.24, 2.45) is 0 Å². The fraction of sp³-hybridized carbons (Fsp3) is 0.182.